The van der Waals surface area contributed by atoms with Gasteiger partial charge in [-0.25, -0.2) is 4.98 Å². The van der Waals surface area contributed by atoms with Crippen LogP contribution in [0.2, 0.25) is 5.15 Å². The van der Waals surface area contributed by atoms with Gasteiger partial charge in [-0.15, -0.1) is 0 Å². The fourth-order valence-electron chi connectivity index (χ4n) is 1.91. The normalized spacial score (nSPS) is 22.3. The summed E-state index contributed by atoms with van der Waals surface area (Å²) in [6.45, 7) is 3.12. The summed E-state index contributed by atoms with van der Waals surface area (Å²) >= 11 is 5.89. The largest absolute Gasteiger partial charge is 0.310 e. The molecule has 76 valence electrons. The summed E-state index contributed by atoms with van der Waals surface area (Å²) in [5.74, 6) is 0. The van der Waals surface area contributed by atoms with Gasteiger partial charge >= 0.3 is 0 Å². The maximum absolute atomic E-state index is 5.89. The number of rotatable bonds is 1. The van der Waals surface area contributed by atoms with E-state index in [1.165, 1.54) is 24.8 Å². The number of halogens is 1. The summed E-state index contributed by atoms with van der Waals surface area (Å²) < 4.78 is 0. The van der Waals surface area contributed by atoms with E-state index in [1.807, 2.05) is 13.1 Å². The number of hydrogen-bond donors (Lipinski definition) is 1. The van der Waals surface area contributed by atoms with Crippen LogP contribution in [0.4, 0.5) is 0 Å². The zero-order valence-corrected chi connectivity index (χ0v) is 9.14. The fourth-order valence-corrected chi connectivity index (χ4v) is 2.01. The first-order valence-corrected chi connectivity index (χ1v) is 5.50. The summed E-state index contributed by atoms with van der Waals surface area (Å²) in [7, 11) is 0. The van der Waals surface area contributed by atoms with Crippen molar-refractivity contribution in [1.82, 2.24) is 10.3 Å². The van der Waals surface area contributed by atoms with E-state index in [-0.39, 0.29) is 0 Å². The molecule has 0 radical (unpaired) electrons. The number of aromatic nitrogens is 1. The van der Waals surface area contributed by atoms with E-state index in [1.54, 1.807) is 0 Å². The Labute approximate surface area is 89.7 Å². The quantitative estimate of drug-likeness (QED) is 0.722. The number of nitrogens with one attached hydrogen (secondary N) is 1. The Morgan fingerprint density at radius 2 is 2.36 bits per heavy atom. The highest BCUT2D eigenvalue weighted by atomic mass is 35.5. The van der Waals surface area contributed by atoms with Crippen LogP contribution in [0.25, 0.3) is 0 Å². The standard InChI is InChI=1S/C11H15ClN2/c1-8-6-9(7-14-11(8)12)10-4-2-3-5-13-10/h6-7,10,13H,2-5H2,1H3/t10-/m1/s1. The van der Waals surface area contributed by atoms with E-state index in [4.69, 9.17) is 11.6 Å². The van der Waals surface area contributed by atoms with E-state index in [0.717, 1.165) is 12.1 Å². The first-order chi connectivity index (χ1) is 6.77. The lowest BCUT2D eigenvalue weighted by Gasteiger charge is -2.23. The van der Waals surface area contributed by atoms with Crippen molar-refractivity contribution in [2.75, 3.05) is 6.54 Å². The minimum Gasteiger partial charge on any atom is -0.310 e. The molecule has 0 aromatic carbocycles. The Kier molecular flexibility index (Phi) is 3.04. The molecule has 3 heteroatoms. The summed E-state index contributed by atoms with van der Waals surface area (Å²) in [6.07, 6.45) is 5.69. The van der Waals surface area contributed by atoms with Gasteiger partial charge in [0.15, 0.2) is 0 Å². The Balaban J connectivity index is 2.18. The molecule has 1 fully saturated rings. The van der Waals surface area contributed by atoms with Crippen LogP contribution in [-0.2, 0) is 0 Å². The lowest BCUT2D eigenvalue weighted by molar-refractivity contribution is 0.411. The van der Waals surface area contributed by atoms with Crippen LogP contribution in [0, 0.1) is 6.92 Å². The molecule has 1 aliphatic rings. The van der Waals surface area contributed by atoms with Crippen LogP contribution in [0.3, 0.4) is 0 Å². The van der Waals surface area contributed by atoms with Gasteiger partial charge in [0.05, 0.1) is 0 Å². The molecule has 2 heterocycles. The minimum atomic E-state index is 0.479. The van der Waals surface area contributed by atoms with Crippen molar-refractivity contribution in [3.05, 3.63) is 28.5 Å². The first kappa shape index (κ1) is 9.94. The van der Waals surface area contributed by atoms with Gasteiger partial charge in [0, 0.05) is 12.2 Å². The molecule has 0 saturated carbocycles. The smallest absolute Gasteiger partial charge is 0.131 e. The molecule has 0 unspecified atom stereocenters. The maximum Gasteiger partial charge on any atom is 0.131 e. The Morgan fingerprint density at radius 1 is 1.50 bits per heavy atom. The number of nitrogens with zero attached hydrogens (tertiary/aromatic N) is 1. The molecule has 1 N–H and O–H groups in total. The van der Waals surface area contributed by atoms with Crippen molar-refractivity contribution in [2.24, 2.45) is 0 Å². The van der Waals surface area contributed by atoms with Crippen molar-refractivity contribution in [3.63, 3.8) is 0 Å². The Bertz CT molecular complexity index is 319. The van der Waals surface area contributed by atoms with Crippen LogP contribution < -0.4 is 5.32 Å². The summed E-state index contributed by atoms with van der Waals surface area (Å²) in [4.78, 5) is 4.18. The summed E-state index contributed by atoms with van der Waals surface area (Å²) in [6, 6.07) is 2.62. The predicted octanol–water partition coefficient (Wildman–Crippen LogP) is 2.86. The minimum absolute atomic E-state index is 0.479. The molecule has 14 heavy (non-hydrogen) atoms. The first-order valence-electron chi connectivity index (χ1n) is 5.13. The number of aryl methyl sites for hydroxylation is 1. The van der Waals surface area contributed by atoms with Crippen LogP contribution in [0.15, 0.2) is 12.3 Å². The Hall–Kier alpha value is -0.600. The Morgan fingerprint density at radius 3 is 3.00 bits per heavy atom. The van der Waals surface area contributed by atoms with Crippen LogP contribution in [0.1, 0.15) is 36.4 Å². The van der Waals surface area contributed by atoms with Crippen molar-refractivity contribution in [1.29, 1.82) is 0 Å². The molecule has 0 spiro atoms. The molecular weight excluding hydrogens is 196 g/mol. The van der Waals surface area contributed by atoms with E-state index < -0.39 is 0 Å². The second-order valence-corrected chi connectivity index (χ2v) is 4.24. The third kappa shape index (κ3) is 2.07. The summed E-state index contributed by atoms with van der Waals surface area (Å²) in [5, 5.41) is 4.11. The van der Waals surface area contributed by atoms with E-state index in [9.17, 15) is 0 Å². The molecule has 2 nitrogen and oxygen atoms in total. The van der Waals surface area contributed by atoms with Gasteiger partial charge in [-0.1, -0.05) is 18.0 Å². The van der Waals surface area contributed by atoms with Gasteiger partial charge in [-0.3, -0.25) is 0 Å². The lowest BCUT2D eigenvalue weighted by Crippen LogP contribution is -2.26. The van der Waals surface area contributed by atoms with Crippen LogP contribution >= 0.6 is 11.6 Å². The molecule has 2 rings (SSSR count). The third-order valence-electron chi connectivity index (χ3n) is 2.75. The predicted molar refractivity (Wildman–Crippen MR) is 58.6 cm³/mol. The number of piperidine rings is 1. The molecular formula is C11H15ClN2. The highest BCUT2D eigenvalue weighted by Gasteiger charge is 2.15. The monoisotopic (exact) mass is 210 g/mol. The van der Waals surface area contributed by atoms with Gasteiger partial charge in [0.1, 0.15) is 5.15 Å². The maximum atomic E-state index is 5.89. The number of pyridine rings is 1. The van der Waals surface area contributed by atoms with Crippen LogP contribution in [0.5, 0.6) is 0 Å². The van der Waals surface area contributed by atoms with Gasteiger partial charge < -0.3 is 5.32 Å². The van der Waals surface area contributed by atoms with Crippen molar-refractivity contribution < 1.29 is 0 Å². The van der Waals surface area contributed by atoms with Crippen molar-refractivity contribution >= 4 is 11.6 Å². The van der Waals surface area contributed by atoms with E-state index in [0.29, 0.717) is 11.2 Å². The van der Waals surface area contributed by atoms with Gasteiger partial charge in [0.2, 0.25) is 0 Å². The van der Waals surface area contributed by atoms with Crippen LogP contribution in [-0.4, -0.2) is 11.5 Å². The SMILES string of the molecule is Cc1cc([C@H]2CCCCN2)cnc1Cl. The van der Waals surface area contributed by atoms with Gasteiger partial charge in [0.25, 0.3) is 0 Å². The third-order valence-corrected chi connectivity index (χ3v) is 3.14. The zero-order chi connectivity index (χ0) is 9.97. The van der Waals surface area contributed by atoms with E-state index >= 15 is 0 Å². The van der Waals surface area contributed by atoms with Crippen molar-refractivity contribution in [3.8, 4) is 0 Å². The lowest BCUT2D eigenvalue weighted by atomic mass is 9.98. The molecule has 1 aromatic rings. The molecule has 1 aromatic heterocycles. The second kappa shape index (κ2) is 4.28. The highest BCUT2D eigenvalue weighted by molar-refractivity contribution is 6.30. The van der Waals surface area contributed by atoms with Gasteiger partial charge in [-0.05, 0) is 43.5 Å². The molecule has 1 atom stereocenters. The van der Waals surface area contributed by atoms with Gasteiger partial charge in [-0.2, -0.15) is 0 Å². The molecule has 0 aliphatic carbocycles. The average molecular weight is 211 g/mol. The van der Waals surface area contributed by atoms with Crippen molar-refractivity contribution in [2.45, 2.75) is 32.2 Å². The summed E-state index contributed by atoms with van der Waals surface area (Å²) in [5.41, 5.74) is 2.34. The zero-order valence-electron chi connectivity index (χ0n) is 8.39. The molecule has 1 aliphatic heterocycles. The molecule has 1 saturated heterocycles. The fraction of sp³-hybridized carbons (Fsp3) is 0.545. The molecule has 0 amide bonds. The highest BCUT2D eigenvalue weighted by Crippen LogP contribution is 2.24. The molecule has 0 bridgehead atoms. The average Bonchev–Trinajstić information content (AvgIpc) is 2.23. The topological polar surface area (TPSA) is 24.9 Å². The van der Waals surface area contributed by atoms with E-state index in [2.05, 4.69) is 16.4 Å². The second-order valence-electron chi connectivity index (χ2n) is 3.88. The number of hydrogen-bond acceptors (Lipinski definition) is 2.